The molecule has 0 aliphatic carbocycles. The Hall–Kier alpha value is -3.41. The van der Waals surface area contributed by atoms with Crippen LogP contribution in [0.15, 0.2) is 54.9 Å². The Morgan fingerprint density at radius 2 is 1.82 bits per heavy atom. The van der Waals surface area contributed by atoms with Crippen LogP contribution in [0.4, 0.5) is 11.5 Å². The fourth-order valence-electron chi connectivity index (χ4n) is 2.76. The van der Waals surface area contributed by atoms with Crippen molar-refractivity contribution < 1.29 is 9.53 Å². The predicted molar refractivity (Wildman–Crippen MR) is 111 cm³/mol. The maximum atomic E-state index is 12.5. The van der Waals surface area contributed by atoms with Crippen molar-refractivity contribution >= 4 is 17.4 Å². The molecule has 2 aromatic carbocycles. The second-order valence-electron chi connectivity index (χ2n) is 6.59. The van der Waals surface area contributed by atoms with Crippen molar-refractivity contribution in [3.8, 4) is 5.75 Å². The lowest BCUT2D eigenvalue weighted by Gasteiger charge is -2.10. The van der Waals surface area contributed by atoms with Gasteiger partial charge in [0.05, 0.1) is 7.11 Å². The Kier molecular flexibility index (Phi) is 6.22. The first-order chi connectivity index (χ1) is 13.5. The largest absolute Gasteiger partial charge is 0.497 e. The van der Waals surface area contributed by atoms with Gasteiger partial charge in [-0.1, -0.05) is 24.3 Å². The van der Waals surface area contributed by atoms with Gasteiger partial charge >= 0.3 is 0 Å². The van der Waals surface area contributed by atoms with Gasteiger partial charge in [0.15, 0.2) is 0 Å². The lowest BCUT2D eigenvalue weighted by atomic mass is 10.1. The monoisotopic (exact) mass is 376 g/mol. The summed E-state index contributed by atoms with van der Waals surface area (Å²) in [6, 6.07) is 15.5. The third-order valence-electron chi connectivity index (χ3n) is 4.42. The van der Waals surface area contributed by atoms with Crippen molar-refractivity contribution in [2.75, 3.05) is 24.3 Å². The molecule has 6 heteroatoms. The zero-order valence-electron chi connectivity index (χ0n) is 16.3. The Morgan fingerprint density at radius 1 is 1.04 bits per heavy atom. The normalized spacial score (nSPS) is 10.4. The number of methoxy groups -OCH3 is 1. The molecule has 6 nitrogen and oxygen atoms in total. The van der Waals surface area contributed by atoms with Gasteiger partial charge in [-0.3, -0.25) is 4.79 Å². The number of carbonyl (C=O) groups is 1. The molecule has 1 aromatic heterocycles. The minimum atomic E-state index is -0.255. The first-order valence-corrected chi connectivity index (χ1v) is 9.12. The SMILES string of the molecule is COc1ccc(CCNc2cc(C(=O)Nc3cc(C)ccc3C)ncn2)cc1. The summed E-state index contributed by atoms with van der Waals surface area (Å²) in [5.74, 6) is 1.20. The molecule has 0 saturated heterocycles. The molecule has 0 aliphatic rings. The van der Waals surface area contributed by atoms with Crippen molar-refractivity contribution in [2.24, 2.45) is 0 Å². The second kappa shape index (κ2) is 8.99. The summed E-state index contributed by atoms with van der Waals surface area (Å²) in [6.45, 7) is 4.65. The first-order valence-electron chi connectivity index (χ1n) is 9.12. The van der Waals surface area contributed by atoms with Crippen LogP contribution in [-0.2, 0) is 6.42 Å². The number of aromatic nitrogens is 2. The van der Waals surface area contributed by atoms with E-state index in [2.05, 4.69) is 20.6 Å². The van der Waals surface area contributed by atoms with E-state index in [4.69, 9.17) is 4.74 Å². The Morgan fingerprint density at radius 3 is 2.57 bits per heavy atom. The van der Waals surface area contributed by atoms with Gasteiger partial charge in [-0.2, -0.15) is 0 Å². The highest BCUT2D eigenvalue weighted by Crippen LogP contribution is 2.17. The minimum absolute atomic E-state index is 0.255. The van der Waals surface area contributed by atoms with Crippen molar-refractivity contribution in [3.63, 3.8) is 0 Å². The third-order valence-corrected chi connectivity index (χ3v) is 4.42. The highest BCUT2D eigenvalue weighted by Gasteiger charge is 2.10. The van der Waals surface area contributed by atoms with Crippen LogP contribution in [0, 0.1) is 13.8 Å². The second-order valence-corrected chi connectivity index (χ2v) is 6.59. The van der Waals surface area contributed by atoms with E-state index in [1.54, 1.807) is 13.2 Å². The number of benzene rings is 2. The summed E-state index contributed by atoms with van der Waals surface area (Å²) < 4.78 is 5.16. The van der Waals surface area contributed by atoms with Crippen LogP contribution < -0.4 is 15.4 Å². The number of anilines is 2. The lowest BCUT2D eigenvalue weighted by molar-refractivity contribution is 0.102. The molecular weight excluding hydrogens is 352 g/mol. The molecule has 3 rings (SSSR count). The van der Waals surface area contributed by atoms with Crippen molar-refractivity contribution in [1.29, 1.82) is 0 Å². The molecule has 0 unspecified atom stereocenters. The van der Waals surface area contributed by atoms with E-state index in [1.807, 2.05) is 56.3 Å². The molecule has 0 radical (unpaired) electrons. The zero-order chi connectivity index (χ0) is 19.9. The molecule has 1 heterocycles. The number of rotatable bonds is 7. The smallest absolute Gasteiger partial charge is 0.274 e. The first kappa shape index (κ1) is 19.4. The molecule has 0 fully saturated rings. The molecule has 1 amide bonds. The summed E-state index contributed by atoms with van der Waals surface area (Å²) in [4.78, 5) is 20.8. The van der Waals surface area contributed by atoms with Crippen LogP contribution in [0.5, 0.6) is 5.75 Å². The van der Waals surface area contributed by atoms with Gasteiger partial charge in [-0.25, -0.2) is 9.97 Å². The molecule has 0 saturated carbocycles. The molecular formula is C22H24N4O2. The van der Waals surface area contributed by atoms with E-state index in [9.17, 15) is 4.79 Å². The summed E-state index contributed by atoms with van der Waals surface area (Å²) in [7, 11) is 1.65. The minimum Gasteiger partial charge on any atom is -0.497 e. The fourth-order valence-corrected chi connectivity index (χ4v) is 2.76. The lowest BCUT2D eigenvalue weighted by Crippen LogP contribution is -2.16. The molecule has 0 atom stereocenters. The van der Waals surface area contributed by atoms with Gasteiger partial charge in [-0.05, 0) is 55.2 Å². The molecule has 0 aliphatic heterocycles. The van der Waals surface area contributed by atoms with E-state index in [1.165, 1.54) is 11.9 Å². The van der Waals surface area contributed by atoms with Crippen LogP contribution in [0.2, 0.25) is 0 Å². The highest BCUT2D eigenvalue weighted by molar-refractivity contribution is 6.03. The zero-order valence-corrected chi connectivity index (χ0v) is 16.3. The molecule has 0 spiro atoms. The third kappa shape index (κ3) is 5.07. The number of amides is 1. The number of nitrogens with zero attached hydrogens (tertiary/aromatic N) is 2. The van der Waals surface area contributed by atoms with Gasteiger partial charge in [-0.15, -0.1) is 0 Å². The van der Waals surface area contributed by atoms with Crippen molar-refractivity contribution in [3.05, 3.63) is 77.2 Å². The topological polar surface area (TPSA) is 76.1 Å². The number of hydrogen-bond acceptors (Lipinski definition) is 5. The molecule has 3 aromatic rings. The van der Waals surface area contributed by atoms with Crippen molar-refractivity contribution in [2.45, 2.75) is 20.3 Å². The summed E-state index contributed by atoms with van der Waals surface area (Å²) >= 11 is 0. The molecule has 28 heavy (non-hydrogen) atoms. The summed E-state index contributed by atoms with van der Waals surface area (Å²) in [5, 5.41) is 6.16. The quantitative estimate of drug-likeness (QED) is 0.652. The van der Waals surface area contributed by atoms with E-state index in [0.29, 0.717) is 18.1 Å². The van der Waals surface area contributed by atoms with Crippen LogP contribution in [-0.4, -0.2) is 29.5 Å². The number of aryl methyl sites for hydroxylation is 2. The summed E-state index contributed by atoms with van der Waals surface area (Å²) in [6.07, 6.45) is 2.23. The number of hydrogen-bond donors (Lipinski definition) is 2. The fraction of sp³-hybridized carbons (Fsp3) is 0.227. The Balaban J connectivity index is 1.59. The van der Waals surface area contributed by atoms with Crippen LogP contribution in [0.3, 0.4) is 0 Å². The van der Waals surface area contributed by atoms with Crippen LogP contribution in [0.1, 0.15) is 27.2 Å². The number of carbonyl (C=O) groups excluding carboxylic acids is 1. The maximum absolute atomic E-state index is 12.5. The van der Waals surface area contributed by atoms with Gasteiger partial charge in [0.1, 0.15) is 23.6 Å². The predicted octanol–water partition coefficient (Wildman–Crippen LogP) is 4.01. The standard InChI is InChI=1S/C22H24N4O2/c1-15-4-5-16(2)19(12-15)26-22(27)20-13-21(25-14-24-20)23-11-10-17-6-8-18(28-3)9-7-17/h4-9,12-14H,10-11H2,1-3H3,(H,26,27)(H,23,24,25). The molecule has 144 valence electrons. The van der Waals surface area contributed by atoms with Gasteiger partial charge in [0.2, 0.25) is 0 Å². The van der Waals surface area contributed by atoms with Gasteiger partial charge < -0.3 is 15.4 Å². The highest BCUT2D eigenvalue weighted by atomic mass is 16.5. The van der Waals surface area contributed by atoms with E-state index < -0.39 is 0 Å². The summed E-state index contributed by atoms with van der Waals surface area (Å²) in [5.41, 5.74) is 4.39. The van der Waals surface area contributed by atoms with Gasteiger partial charge in [0, 0.05) is 18.3 Å². The number of nitrogens with one attached hydrogen (secondary N) is 2. The van der Waals surface area contributed by atoms with E-state index in [-0.39, 0.29) is 5.91 Å². The molecule has 0 bridgehead atoms. The maximum Gasteiger partial charge on any atom is 0.274 e. The van der Waals surface area contributed by atoms with Crippen molar-refractivity contribution in [1.82, 2.24) is 9.97 Å². The van der Waals surface area contributed by atoms with E-state index >= 15 is 0 Å². The Labute approximate surface area is 165 Å². The molecule has 2 N–H and O–H groups in total. The van der Waals surface area contributed by atoms with Crippen LogP contribution in [0.25, 0.3) is 0 Å². The Bertz CT molecular complexity index is 955. The average molecular weight is 376 g/mol. The van der Waals surface area contributed by atoms with Gasteiger partial charge in [0.25, 0.3) is 5.91 Å². The average Bonchev–Trinajstić information content (AvgIpc) is 2.71. The van der Waals surface area contributed by atoms with Crippen LogP contribution >= 0.6 is 0 Å². The van der Waals surface area contributed by atoms with E-state index in [0.717, 1.165) is 29.0 Å². The number of ether oxygens (including phenoxy) is 1.